The molecular formula is C28H31N3O2. The molecule has 1 saturated heterocycles. The van der Waals surface area contributed by atoms with Crippen LogP contribution in [0.2, 0.25) is 0 Å². The standard InChI is InChI=1S/C28H31N3O2/c1-21(23-13-7-3-8-14-23)30-27(32)25-17-18-26(24-15-9-4-10-16-24)31(20-25)28(33)29-19-22-11-5-2-6-12-22/h2-16,21,25-26H,17-20H2,1H3,(H,29,33)(H,30,32). The number of piperidine rings is 1. The third-order valence-corrected chi connectivity index (χ3v) is 6.34. The summed E-state index contributed by atoms with van der Waals surface area (Å²) in [4.78, 5) is 28.2. The fourth-order valence-corrected chi connectivity index (χ4v) is 4.46. The molecule has 1 heterocycles. The Hall–Kier alpha value is -3.60. The molecule has 0 aliphatic carbocycles. The van der Waals surface area contributed by atoms with Crippen LogP contribution >= 0.6 is 0 Å². The van der Waals surface area contributed by atoms with Crippen molar-refractivity contribution in [1.29, 1.82) is 0 Å². The van der Waals surface area contributed by atoms with E-state index in [-0.39, 0.29) is 29.9 Å². The summed E-state index contributed by atoms with van der Waals surface area (Å²) in [6.45, 7) is 2.85. The summed E-state index contributed by atoms with van der Waals surface area (Å²) in [5.74, 6) is -0.239. The molecular weight excluding hydrogens is 410 g/mol. The summed E-state index contributed by atoms with van der Waals surface area (Å²) in [5.41, 5.74) is 3.22. The topological polar surface area (TPSA) is 61.4 Å². The Kier molecular flexibility index (Phi) is 7.40. The van der Waals surface area contributed by atoms with Crippen LogP contribution in [0.4, 0.5) is 4.79 Å². The van der Waals surface area contributed by atoms with E-state index < -0.39 is 0 Å². The molecule has 170 valence electrons. The number of nitrogens with one attached hydrogen (secondary N) is 2. The molecule has 1 fully saturated rings. The number of likely N-dealkylation sites (tertiary alicyclic amines) is 1. The SMILES string of the molecule is CC(NC(=O)C1CCC(c2ccccc2)N(C(=O)NCc2ccccc2)C1)c1ccccc1. The first-order valence-electron chi connectivity index (χ1n) is 11.6. The average molecular weight is 442 g/mol. The number of rotatable bonds is 6. The smallest absolute Gasteiger partial charge is 0.318 e. The van der Waals surface area contributed by atoms with Crippen molar-refractivity contribution in [2.75, 3.05) is 6.54 Å². The zero-order valence-corrected chi connectivity index (χ0v) is 19.0. The number of carbonyl (C=O) groups excluding carboxylic acids is 2. The second-order valence-electron chi connectivity index (χ2n) is 8.64. The maximum atomic E-state index is 13.3. The summed E-state index contributed by atoms with van der Waals surface area (Å²) in [5, 5.41) is 6.19. The molecule has 3 amide bonds. The Morgan fingerprint density at radius 3 is 2.15 bits per heavy atom. The molecule has 0 spiro atoms. The third-order valence-electron chi connectivity index (χ3n) is 6.34. The highest BCUT2D eigenvalue weighted by Gasteiger charge is 2.35. The van der Waals surface area contributed by atoms with E-state index in [2.05, 4.69) is 22.8 Å². The Morgan fingerprint density at radius 2 is 1.48 bits per heavy atom. The van der Waals surface area contributed by atoms with Gasteiger partial charge in [0, 0.05) is 13.1 Å². The molecule has 3 unspecified atom stereocenters. The van der Waals surface area contributed by atoms with E-state index in [0.29, 0.717) is 13.1 Å². The summed E-state index contributed by atoms with van der Waals surface area (Å²) in [6.07, 6.45) is 1.50. The Morgan fingerprint density at radius 1 is 0.879 bits per heavy atom. The molecule has 33 heavy (non-hydrogen) atoms. The minimum absolute atomic E-state index is 0.00118. The van der Waals surface area contributed by atoms with E-state index in [9.17, 15) is 9.59 Å². The summed E-state index contributed by atoms with van der Waals surface area (Å²) >= 11 is 0. The lowest BCUT2D eigenvalue weighted by molar-refractivity contribution is -0.127. The van der Waals surface area contributed by atoms with Gasteiger partial charge in [-0.05, 0) is 36.5 Å². The fraction of sp³-hybridized carbons (Fsp3) is 0.286. The first kappa shape index (κ1) is 22.6. The normalized spacial score (nSPS) is 18.9. The van der Waals surface area contributed by atoms with Gasteiger partial charge in [-0.3, -0.25) is 4.79 Å². The molecule has 3 aromatic rings. The molecule has 1 aliphatic rings. The summed E-state index contributed by atoms with van der Waals surface area (Å²) in [7, 11) is 0. The number of nitrogens with zero attached hydrogens (tertiary/aromatic N) is 1. The van der Waals surface area contributed by atoms with Crippen molar-refractivity contribution in [2.24, 2.45) is 5.92 Å². The van der Waals surface area contributed by atoms with Crippen molar-refractivity contribution in [3.8, 4) is 0 Å². The van der Waals surface area contributed by atoms with Crippen LogP contribution in [-0.4, -0.2) is 23.4 Å². The van der Waals surface area contributed by atoms with Gasteiger partial charge in [-0.25, -0.2) is 4.79 Å². The molecule has 5 nitrogen and oxygen atoms in total. The lowest BCUT2D eigenvalue weighted by Gasteiger charge is -2.39. The largest absolute Gasteiger partial charge is 0.349 e. The van der Waals surface area contributed by atoms with Crippen molar-refractivity contribution in [1.82, 2.24) is 15.5 Å². The van der Waals surface area contributed by atoms with Crippen molar-refractivity contribution in [3.05, 3.63) is 108 Å². The third kappa shape index (κ3) is 5.80. The lowest BCUT2D eigenvalue weighted by Crippen LogP contribution is -2.50. The van der Waals surface area contributed by atoms with Crippen LogP contribution in [0.3, 0.4) is 0 Å². The minimum Gasteiger partial charge on any atom is -0.349 e. The van der Waals surface area contributed by atoms with Crippen LogP contribution in [0.1, 0.15) is 48.5 Å². The van der Waals surface area contributed by atoms with Crippen LogP contribution in [0.15, 0.2) is 91.0 Å². The molecule has 4 rings (SSSR count). The minimum atomic E-state index is -0.237. The number of amides is 3. The van der Waals surface area contributed by atoms with E-state index in [0.717, 1.165) is 29.5 Å². The first-order chi connectivity index (χ1) is 16.1. The van der Waals surface area contributed by atoms with Gasteiger partial charge in [0.05, 0.1) is 18.0 Å². The van der Waals surface area contributed by atoms with Crippen LogP contribution in [0, 0.1) is 5.92 Å². The van der Waals surface area contributed by atoms with Crippen molar-refractivity contribution < 1.29 is 9.59 Å². The van der Waals surface area contributed by atoms with E-state index in [1.165, 1.54) is 0 Å². The highest BCUT2D eigenvalue weighted by molar-refractivity contribution is 5.81. The monoisotopic (exact) mass is 441 g/mol. The molecule has 1 aliphatic heterocycles. The molecule has 3 atom stereocenters. The van der Waals surface area contributed by atoms with Gasteiger partial charge < -0.3 is 15.5 Å². The molecule has 0 bridgehead atoms. The number of hydrogen-bond donors (Lipinski definition) is 2. The Balaban J connectivity index is 1.46. The predicted molar refractivity (Wildman–Crippen MR) is 130 cm³/mol. The van der Waals surface area contributed by atoms with Gasteiger partial charge >= 0.3 is 6.03 Å². The van der Waals surface area contributed by atoms with Gasteiger partial charge in [-0.1, -0.05) is 91.0 Å². The quantitative estimate of drug-likeness (QED) is 0.550. The van der Waals surface area contributed by atoms with Gasteiger partial charge in [0.25, 0.3) is 0 Å². The first-order valence-corrected chi connectivity index (χ1v) is 11.6. The van der Waals surface area contributed by atoms with Gasteiger partial charge in [0.15, 0.2) is 0 Å². The number of urea groups is 1. The van der Waals surface area contributed by atoms with Crippen molar-refractivity contribution in [2.45, 2.75) is 38.4 Å². The maximum absolute atomic E-state index is 13.3. The molecule has 0 aromatic heterocycles. The second-order valence-corrected chi connectivity index (χ2v) is 8.64. The molecule has 0 saturated carbocycles. The predicted octanol–water partition coefficient (Wildman–Crippen LogP) is 5.23. The van der Waals surface area contributed by atoms with Gasteiger partial charge in [-0.2, -0.15) is 0 Å². The van der Waals surface area contributed by atoms with Gasteiger partial charge in [0.1, 0.15) is 0 Å². The van der Waals surface area contributed by atoms with Crippen molar-refractivity contribution >= 4 is 11.9 Å². The zero-order chi connectivity index (χ0) is 23.0. The Bertz CT molecular complexity index is 1040. The van der Waals surface area contributed by atoms with Crippen LogP contribution in [0.5, 0.6) is 0 Å². The van der Waals surface area contributed by atoms with E-state index in [1.807, 2.05) is 90.7 Å². The lowest BCUT2D eigenvalue weighted by atomic mass is 9.88. The number of carbonyl (C=O) groups is 2. The fourth-order valence-electron chi connectivity index (χ4n) is 4.46. The van der Waals surface area contributed by atoms with Crippen LogP contribution < -0.4 is 10.6 Å². The molecule has 3 aromatic carbocycles. The van der Waals surface area contributed by atoms with E-state index in [1.54, 1.807) is 0 Å². The van der Waals surface area contributed by atoms with E-state index in [4.69, 9.17) is 0 Å². The van der Waals surface area contributed by atoms with Gasteiger partial charge in [0.2, 0.25) is 5.91 Å². The molecule has 5 heteroatoms. The van der Waals surface area contributed by atoms with Crippen molar-refractivity contribution in [3.63, 3.8) is 0 Å². The molecule has 2 N–H and O–H groups in total. The maximum Gasteiger partial charge on any atom is 0.318 e. The average Bonchev–Trinajstić information content (AvgIpc) is 2.88. The van der Waals surface area contributed by atoms with Crippen LogP contribution in [-0.2, 0) is 11.3 Å². The highest BCUT2D eigenvalue weighted by atomic mass is 16.2. The second kappa shape index (κ2) is 10.8. The van der Waals surface area contributed by atoms with E-state index >= 15 is 0 Å². The van der Waals surface area contributed by atoms with Crippen LogP contribution in [0.25, 0.3) is 0 Å². The number of benzene rings is 3. The Labute approximate surface area is 195 Å². The van der Waals surface area contributed by atoms with Gasteiger partial charge in [-0.15, -0.1) is 0 Å². The number of hydrogen-bond acceptors (Lipinski definition) is 2. The zero-order valence-electron chi connectivity index (χ0n) is 19.0. The molecule has 0 radical (unpaired) electrons. The summed E-state index contributed by atoms with van der Waals surface area (Å²) in [6, 6.07) is 29.6. The summed E-state index contributed by atoms with van der Waals surface area (Å²) < 4.78 is 0. The highest BCUT2D eigenvalue weighted by Crippen LogP contribution is 2.34.